The lowest BCUT2D eigenvalue weighted by Crippen LogP contribution is -2.48. The molecule has 1 aliphatic heterocycles. The third-order valence-electron chi connectivity index (χ3n) is 6.12. The molecular weight excluding hydrogens is 424 g/mol. The number of hydrogen-bond donors (Lipinski definition) is 2. The van der Waals surface area contributed by atoms with Gasteiger partial charge in [0.2, 0.25) is 0 Å². The fourth-order valence-electron chi connectivity index (χ4n) is 4.22. The second kappa shape index (κ2) is 11.7. The number of amides is 1. The summed E-state index contributed by atoms with van der Waals surface area (Å²) >= 11 is 0. The summed E-state index contributed by atoms with van der Waals surface area (Å²) in [4.78, 5) is 26.2. The minimum atomic E-state index is -0.0417. The van der Waals surface area contributed by atoms with E-state index in [4.69, 9.17) is 0 Å². The van der Waals surface area contributed by atoms with Crippen molar-refractivity contribution >= 4 is 17.4 Å². The standard InChI is InChI=1S/C27H34N6O/c1-3-12-32-14-16-33(17-15-32)13-11-28-27(34)22-7-9-24(10-8-22)31-26-19-25(29-20-30-26)23-6-4-5-21(2)18-23/h4-10,18-20H,3,11-17H2,1-2H3,(H,28,34)(H,29,30,31). The number of benzene rings is 2. The van der Waals surface area contributed by atoms with Gasteiger partial charge in [-0.05, 0) is 50.2 Å². The average molecular weight is 459 g/mol. The van der Waals surface area contributed by atoms with Crippen LogP contribution in [-0.2, 0) is 0 Å². The first-order valence-corrected chi connectivity index (χ1v) is 12.1. The molecule has 0 spiro atoms. The molecule has 7 nitrogen and oxygen atoms in total. The maximum Gasteiger partial charge on any atom is 0.251 e. The predicted octanol–water partition coefficient (Wildman–Crippen LogP) is 3.95. The van der Waals surface area contributed by atoms with Crippen LogP contribution >= 0.6 is 0 Å². The second-order valence-electron chi connectivity index (χ2n) is 8.80. The summed E-state index contributed by atoms with van der Waals surface area (Å²) in [5, 5.41) is 6.35. The highest BCUT2D eigenvalue weighted by atomic mass is 16.1. The van der Waals surface area contributed by atoms with E-state index < -0.39 is 0 Å². The van der Waals surface area contributed by atoms with Gasteiger partial charge in [0, 0.05) is 62.1 Å². The quantitative estimate of drug-likeness (QED) is 0.506. The zero-order valence-electron chi connectivity index (χ0n) is 20.1. The van der Waals surface area contributed by atoms with Gasteiger partial charge in [0.05, 0.1) is 5.69 Å². The zero-order valence-corrected chi connectivity index (χ0v) is 20.1. The van der Waals surface area contributed by atoms with Gasteiger partial charge in [-0.3, -0.25) is 9.69 Å². The number of hydrogen-bond acceptors (Lipinski definition) is 6. The predicted molar refractivity (Wildman–Crippen MR) is 137 cm³/mol. The van der Waals surface area contributed by atoms with Crippen molar-refractivity contribution in [3.63, 3.8) is 0 Å². The Morgan fingerprint density at radius 1 is 0.941 bits per heavy atom. The van der Waals surface area contributed by atoms with E-state index in [0.29, 0.717) is 17.9 Å². The van der Waals surface area contributed by atoms with Gasteiger partial charge >= 0.3 is 0 Å². The molecular formula is C27H34N6O. The largest absolute Gasteiger partial charge is 0.351 e. The van der Waals surface area contributed by atoms with Crippen molar-refractivity contribution in [3.05, 3.63) is 72.1 Å². The third kappa shape index (κ3) is 6.62. The highest BCUT2D eigenvalue weighted by Crippen LogP contribution is 2.22. The summed E-state index contributed by atoms with van der Waals surface area (Å²) < 4.78 is 0. The topological polar surface area (TPSA) is 73.4 Å². The second-order valence-corrected chi connectivity index (χ2v) is 8.80. The summed E-state index contributed by atoms with van der Waals surface area (Å²) in [6.45, 7) is 11.4. The molecule has 1 fully saturated rings. The van der Waals surface area contributed by atoms with Crippen LogP contribution in [0.15, 0.2) is 60.9 Å². The molecule has 4 rings (SSSR count). The zero-order chi connectivity index (χ0) is 23.8. The van der Waals surface area contributed by atoms with E-state index in [9.17, 15) is 4.79 Å². The van der Waals surface area contributed by atoms with Crippen LogP contribution in [0.1, 0.15) is 29.3 Å². The van der Waals surface area contributed by atoms with Crippen LogP contribution in [0.3, 0.4) is 0 Å². The molecule has 178 valence electrons. The van der Waals surface area contributed by atoms with E-state index in [2.05, 4.69) is 56.4 Å². The summed E-state index contributed by atoms with van der Waals surface area (Å²) in [6.07, 6.45) is 2.77. The van der Waals surface area contributed by atoms with E-state index >= 15 is 0 Å². The first-order chi connectivity index (χ1) is 16.6. The van der Waals surface area contributed by atoms with Gasteiger partial charge in [-0.25, -0.2) is 9.97 Å². The van der Waals surface area contributed by atoms with Crippen molar-refractivity contribution < 1.29 is 4.79 Å². The lowest BCUT2D eigenvalue weighted by atomic mass is 10.1. The molecule has 2 aromatic carbocycles. The van der Waals surface area contributed by atoms with Gasteiger partial charge in [-0.1, -0.05) is 30.7 Å². The van der Waals surface area contributed by atoms with Crippen LogP contribution in [0.4, 0.5) is 11.5 Å². The highest BCUT2D eigenvalue weighted by Gasteiger charge is 2.16. The molecule has 1 saturated heterocycles. The number of piperazine rings is 1. The van der Waals surface area contributed by atoms with Gasteiger partial charge < -0.3 is 15.5 Å². The maximum absolute atomic E-state index is 12.5. The molecule has 7 heteroatoms. The number of nitrogens with zero attached hydrogens (tertiary/aromatic N) is 4. The molecule has 0 radical (unpaired) electrons. The minimum absolute atomic E-state index is 0.0417. The Morgan fingerprint density at radius 3 is 2.38 bits per heavy atom. The number of rotatable bonds is 9. The molecule has 0 atom stereocenters. The highest BCUT2D eigenvalue weighted by molar-refractivity contribution is 5.94. The molecule has 3 aromatic rings. The Bertz CT molecular complexity index is 1080. The van der Waals surface area contributed by atoms with Crippen LogP contribution in [0.5, 0.6) is 0 Å². The fourth-order valence-corrected chi connectivity index (χ4v) is 4.22. The van der Waals surface area contributed by atoms with Gasteiger partial charge in [0.25, 0.3) is 5.91 Å². The molecule has 1 aliphatic rings. The number of aryl methyl sites for hydroxylation is 1. The van der Waals surface area contributed by atoms with E-state index in [1.54, 1.807) is 6.33 Å². The summed E-state index contributed by atoms with van der Waals surface area (Å²) in [7, 11) is 0. The smallest absolute Gasteiger partial charge is 0.251 e. The van der Waals surface area contributed by atoms with Crippen LogP contribution in [0.2, 0.25) is 0 Å². The van der Waals surface area contributed by atoms with Gasteiger partial charge in [0.15, 0.2) is 0 Å². The Morgan fingerprint density at radius 2 is 1.68 bits per heavy atom. The Hall–Kier alpha value is -3.29. The molecule has 0 saturated carbocycles. The van der Waals surface area contributed by atoms with Crippen molar-refractivity contribution in [2.24, 2.45) is 0 Å². The van der Waals surface area contributed by atoms with E-state index in [-0.39, 0.29) is 5.91 Å². The summed E-state index contributed by atoms with van der Waals surface area (Å²) in [5.74, 6) is 0.669. The molecule has 34 heavy (non-hydrogen) atoms. The van der Waals surface area contributed by atoms with Crippen molar-refractivity contribution in [1.82, 2.24) is 25.1 Å². The minimum Gasteiger partial charge on any atom is -0.351 e. The third-order valence-corrected chi connectivity index (χ3v) is 6.12. The van der Waals surface area contributed by atoms with E-state index in [0.717, 1.165) is 49.7 Å². The van der Waals surface area contributed by atoms with Gasteiger partial charge in [-0.2, -0.15) is 0 Å². The van der Waals surface area contributed by atoms with E-state index in [1.807, 2.05) is 42.5 Å². The molecule has 2 heterocycles. The summed E-state index contributed by atoms with van der Waals surface area (Å²) in [5.41, 5.74) is 4.63. The lowest BCUT2D eigenvalue weighted by Gasteiger charge is -2.34. The normalized spacial score (nSPS) is 14.6. The van der Waals surface area contributed by atoms with Crippen molar-refractivity contribution in [2.45, 2.75) is 20.3 Å². The molecule has 1 amide bonds. The van der Waals surface area contributed by atoms with Gasteiger partial charge in [-0.15, -0.1) is 0 Å². The van der Waals surface area contributed by atoms with Crippen LogP contribution < -0.4 is 10.6 Å². The number of anilines is 2. The number of carbonyl (C=O) groups excluding carboxylic acids is 1. The van der Waals surface area contributed by atoms with E-state index in [1.165, 1.54) is 18.5 Å². The SMILES string of the molecule is CCCN1CCN(CCNC(=O)c2ccc(Nc3cc(-c4cccc(C)c4)ncn3)cc2)CC1. The first-order valence-electron chi connectivity index (χ1n) is 12.1. The molecule has 0 aliphatic carbocycles. The molecule has 0 unspecified atom stereocenters. The first kappa shape index (κ1) is 23.9. The Kier molecular flexibility index (Phi) is 8.22. The fraction of sp³-hybridized carbons (Fsp3) is 0.370. The van der Waals surface area contributed by atoms with Crippen molar-refractivity contribution in [1.29, 1.82) is 0 Å². The number of nitrogens with one attached hydrogen (secondary N) is 2. The maximum atomic E-state index is 12.5. The molecule has 1 aromatic heterocycles. The van der Waals surface area contributed by atoms with Crippen LogP contribution in [-0.4, -0.2) is 71.5 Å². The van der Waals surface area contributed by atoms with Crippen LogP contribution in [0, 0.1) is 6.92 Å². The Labute approximate surface area is 202 Å². The average Bonchev–Trinajstić information content (AvgIpc) is 2.86. The van der Waals surface area contributed by atoms with Gasteiger partial charge in [0.1, 0.15) is 12.1 Å². The molecule has 0 bridgehead atoms. The molecule has 2 N–H and O–H groups in total. The Balaban J connectivity index is 1.26. The number of carbonyl (C=O) groups is 1. The summed E-state index contributed by atoms with van der Waals surface area (Å²) in [6, 6.07) is 17.6. The lowest BCUT2D eigenvalue weighted by molar-refractivity contribution is 0.0936. The number of aromatic nitrogens is 2. The monoisotopic (exact) mass is 458 g/mol. The van der Waals surface area contributed by atoms with Crippen molar-refractivity contribution in [3.8, 4) is 11.3 Å². The van der Waals surface area contributed by atoms with Crippen LogP contribution in [0.25, 0.3) is 11.3 Å². The van der Waals surface area contributed by atoms with Crippen molar-refractivity contribution in [2.75, 3.05) is 51.1 Å².